The van der Waals surface area contributed by atoms with E-state index in [1.165, 1.54) is 37.0 Å². The van der Waals surface area contributed by atoms with Gasteiger partial charge in [0, 0.05) is 19.0 Å². The molecule has 0 saturated heterocycles. The summed E-state index contributed by atoms with van der Waals surface area (Å²) in [5.74, 6) is 0. The molecule has 15 heavy (non-hydrogen) atoms. The molecule has 2 nitrogen and oxygen atoms in total. The van der Waals surface area contributed by atoms with Crippen molar-refractivity contribution >= 4 is 12.4 Å². The Morgan fingerprint density at radius 2 is 2.13 bits per heavy atom. The minimum absolute atomic E-state index is 0.936. The molecule has 1 aliphatic rings. The van der Waals surface area contributed by atoms with E-state index >= 15 is 0 Å². The highest BCUT2D eigenvalue weighted by Gasteiger charge is 2.05. The number of allylic oxidation sites excluding steroid dienone is 3. The van der Waals surface area contributed by atoms with Crippen LogP contribution >= 0.6 is 0 Å². The lowest BCUT2D eigenvalue weighted by atomic mass is 9.99. The Morgan fingerprint density at radius 3 is 2.87 bits per heavy atom. The summed E-state index contributed by atoms with van der Waals surface area (Å²) >= 11 is 0. The molecule has 2 heteroatoms. The highest BCUT2D eigenvalue weighted by Crippen LogP contribution is 2.15. The van der Waals surface area contributed by atoms with Gasteiger partial charge < -0.3 is 0 Å². The normalized spacial score (nSPS) is 26.5. The van der Waals surface area contributed by atoms with Gasteiger partial charge in [0.15, 0.2) is 0 Å². The van der Waals surface area contributed by atoms with Gasteiger partial charge in [0.2, 0.25) is 0 Å². The number of hydrogen-bond acceptors (Lipinski definition) is 2. The van der Waals surface area contributed by atoms with Crippen LogP contribution in [0.2, 0.25) is 0 Å². The zero-order chi connectivity index (χ0) is 10.9. The lowest BCUT2D eigenvalue weighted by molar-refractivity contribution is 0.702. The van der Waals surface area contributed by atoms with Gasteiger partial charge in [-0.25, -0.2) is 0 Å². The second-order valence-corrected chi connectivity index (χ2v) is 3.78. The van der Waals surface area contributed by atoms with Gasteiger partial charge in [0.25, 0.3) is 0 Å². The fraction of sp³-hybridized carbons (Fsp3) is 0.538. The lowest BCUT2D eigenvalue weighted by Crippen LogP contribution is -2.03. The summed E-state index contributed by atoms with van der Waals surface area (Å²) in [6.07, 6.45) is 13.3. The fourth-order valence-electron chi connectivity index (χ4n) is 1.83. The smallest absolute Gasteiger partial charge is 0.0395 e. The molecule has 0 spiro atoms. The zero-order valence-electron chi connectivity index (χ0n) is 9.58. The SMILES string of the molecule is C=N/C=C1/C/C=C\CCCCCC1=NC. The van der Waals surface area contributed by atoms with Crippen LogP contribution in [0, 0.1) is 0 Å². The summed E-state index contributed by atoms with van der Waals surface area (Å²) in [6.45, 7) is 3.51. The van der Waals surface area contributed by atoms with Crippen molar-refractivity contribution in [2.75, 3.05) is 7.05 Å². The quantitative estimate of drug-likeness (QED) is 0.461. The molecule has 0 unspecified atom stereocenters. The molecule has 1 rings (SSSR count). The molecular formula is C13H20N2. The van der Waals surface area contributed by atoms with E-state index in [-0.39, 0.29) is 0 Å². The van der Waals surface area contributed by atoms with Gasteiger partial charge in [-0.05, 0) is 44.4 Å². The van der Waals surface area contributed by atoms with Crippen LogP contribution < -0.4 is 0 Å². The van der Waals surface area contributed by atoms with Gasteiger partial charge in [-0.15, -0.1) is 0 Å². The molecular weight excluding hydrogens is 184 g/mol. The number of aliphatic imine (C=N–C) groups is 2. The van der Waals surface area contributed by atoms with Gasteiger partial charge in [-0.2, -0.15) is 0 Å². The minimum atomic E-state index is 0.936. The predicted octanol–water partition coefficient (Wildman–Crippen LogP) is 3.55. The first-order valence-electron chi connectivity index (χ1n) is 5.64. The monoisotopic (exact) mass is 204 g/mol. The molecule has 0 heterocycles. The minimum Gasteiger partial charge on any atom is -0.293 e. The van der Waals surface area contributed by atoms with Crippen molar-refractivity contribution in [1.82, 2.24) is 0 Å². The van der Waals surface area contributed by atoms with Crippen LogP contribution in [0.3, 0.4) is 0 Å². The summed E-state index contributed by atoms with van der Waals surface area (Å²) in [4.78, 5) is 8.21. The molecule has 0 amide bonds. The van der Waals surface area contributed by atoms with Crippen LogP contribution in [0.5, 0.6) is 0 Å². The highest BCUT2D eigenvalue weighted by atomic mass is 14.7. The van der Waals surface area contributed by atoms with Crippen LogP contribution in [0.25, 0.3) is 0 Å². The van der Waals surface area contributed by atoms with E-state index in [9.17, 15) is 0 Å². The zero-order valence-corrected chi connectivity index (χ0v) is 9.58. The molecule has 0 aromatic heterocycles. The molecule has 0 aromatic carbocycles. The Bertz CT molecular complexity index is 285. The van der Waals surface area contributed by atoms with E-state index in [1.54, 1.807) is 0 Å². The van der Waals surface area contributed by atoms with E-state index in [1.807, 2.05) is 13.2 Å². The summed E-state index contributed by atoms with van der Waals surface area (Å²) in [7, 11) is 1.86. The second kappa shape index (κ2) is 7.16. The standard InChI is InChI=1S/C13H20N2/c1-14-11-12-9-7-5-3-4-6-8-10-13(12)15-2/h5,7,11H,1,3-4,6,8-10H2,2H3/b7-5-,12-11-,15-13?. The third-order valence-corrected chi connectivity index (χ3v) is 2.68. The third kappa shape index (κ3) is 4.24. The van der Waals surface area contributed by atoms with Gasteiger partial charge >= 0.3 is 0 Å². The van der Waals surface area contributed by atoms with Gasteiger partial charge in [-0.3, -0.25) is 9.98 Å². The lowest BCUT2D eigenvalue weighted by Gasteiger charge is -2.09. The Morgan fingerprint density at radius 1 is 1.27 bits per heavy atom. The third-order valence-electron chi connectivity index (χ3n) is 2.68. The molecule has 0 bridgehead atoms. The van der Waals surface area contributed by atoms with Gasteiger partial charge in [0.1, 0.15) is 0 Å². The average Bonchev–Trinajstić information content (AvgIpc) is 2.27. The Balaban J connectivity index is 2.79. The molecule has 0 N–H and O–H groups in total. The number of hydrogen-bond donors (Lipinski definition) is 0. The molecule has 0 radical (unpaired) electrons. The second-order valence-electron chi connectivity index (χ2n) is 3.78. The van der Waals surface area contributed by atoms with Crippen LogP contribution in [0.1, 0.15) is 38.5 Å². The number of nitrogens with zero attached hydrogens (tertiary/aromatic N) is 2. The summed E-state index contributed by atoms with van der Waals surface area (Å²) in [5.41, 5.74) is 2.40. The maximum atomic E-state index is 4.35. The summed E-state index contributed by atoms with van der Waals surface area (Å²) < 4.78 is 0. The van der Waals surface area contributed by atoms with Crippen LogP contribution in [-0.4, -0.2) is 19.5 Å². The molecule has 0 aliphatic heterocycles. The summed E-state index contributed by atoms with van der Waals surface area (Å²) in [6, 6.07) is 0. The van der Waals surface area contributed by atoms with E-state index in [0.717, 1.165) is 12.8 Å². The molecule has 0 aromatic rings. The van der Waals surface area contributed by atoms with Crippen molar-refractivity contribution in [3.63, 3.8) is 0 Å². The largest absolute Gasteiger partial charge is 0.293 e. The van der Waals surface area contributed by atoms with E-state index in [4.69, 9.17) is 0 Å². The molecule has 82 valence electrons. The maximum Gasteiger partial charge on any atom is 0.0395 e. The predicted molar refractivity (Wildman–Crippen MR) is 67.8 cm³/mol. The van der Waals surface area contributed by atoms with Crippen molar-refractivity contribution in [2.24, 2.45) is 9.98 Å². The van der Waals surface area contributed by atoms with Gasteiger partial charge in [0.05, 0.1) is 0 Å². The fourth-order valence-corrected chi connectivity index (χ4v) is 1.83. The van der Waals surface area contributed by atoms with E-state index in [2.05, 4.69) is 28.9 Å². The first-order chi connectivity index (χ1) is 7.38. The average molecular weight is 204 g/mol. The van der Waals surface area contributed by atoms with Crippen molar-refractivity contribution in [3.8, 4) is 0 Å². The van der Waals surface area contributed by atoms with Crippen LogP contribution in [-0.2, 0) is 0 Å². The molecule has 0 atom stereocenters. The topological polar surface area (TPSA) is 24.7 Å². The van der Waals surface area contributed by atoms with Crippen LogP contribution in [0.15, 0.2) is 33.9 Å². The molecule has 0 saturated carbocycles. The van der Waals surface area contributed by atoms with Gasteiger partial charge in [-0.1, -0.05) is 18.6 Å². The Hall–Kier alpha value is -1.18. The van der Waals surface area contributed by atoms with Crippen molar-refractivity contribution in [2.45, 2.75) is 38.5 Å². The Labute approximate surface area is 92.5 Å². The van der Waals surface area contributed by atoms with Crippen molar-refractivity contribution in [3.05, 3.63) is 23.9 Å². The highest BCUT2D eigenvalue weighted by molar-refractivity contribution is 6.00. The number of rotatable bonds is 1. The molecule has 1 aliphatic carbocycles. The molecule has 0 fully saturated rings. The van der Waals surface area contributed by atoms with Crippen molar-refractivity contribution in [1.29, 1.82) is 0 Å². The summed E-state index contributed by atoms with van der Waals surface area (Å²) in [5, 5.41) is 0. The van der Waals surface area contributed by atoms with E-state index < -0.39 is 0 Å². The van der Waals surface area contributed by atoms with Crippen LogP contribution in [0.4, 0.5) is 0 Å². The van der Waals surface area contributed by atoms with Crippen molar-refractivity contribution < 1.29 is 0 Å². The van der Waals surface area contributed by atoms with E-state index in [0.29, 0.717) is 0 Å². The maximum absolute atomic E-state index is 4.35. The first kappa shape index (κ1) is 11.9. The Kier molecular flexibility index (Phi) is 5.67. The first-order valence-corrected chi connectivity index (χ1v) is 5.64.